The van der Waals surface area contributed by atoms with Crippen molar-refractivity contribution in [3.63, 3.8) is 0 Å². The zero-order valence-electron chi connectivity index (χ0n) is 12.6. The van der Waals surface area contributed by atoms with Crippen molar-refractivity contribution in [3.05, 3.63) is 30.0 Å². The minimum Gasteiger partial charge on any atom is -0.486 e. The Morgan fingerprint density at radius 2 is 1.96 bits per heavy atom. The number of aromatic amines is 1. The van der Waals surface area contributed by atoms with Crippen LogP contribution in [0.15, 0.2) is 24.4 Å². The van der Waals surface area contributed by atoms with Crippen molar-refractivity contribution in [2.75, 3.05) is 37.8 Å². The first-order valence-corrected chi connectivity index (χ1v) is 8.79. The molecule has 3 heterocycles. The average Bonchev–Trinajstić information content (AvgIpc) is 3.11. The van der Waals surface area contributed by atoms with Gasteiger partial charge in [0.1, 0.15) is 13.2 Å². The molecule has 4 rings (SSSR count). The zero-order chi connectivity index (χ0) is 15.6. The molecule has 0 unspecified atom stereocenters. The van der Waals surface area contributed by atoms with Crippen LogP contribution in [0.1, 0.15) is 10.4 Å². The van der Waals surface area contributed by atoms with Crippen LogP contribution in [0.2, 0.25) is 0 Å². The number of ether oxygens (including phenoxy) is 2. The monoisotopic (exact) mass is 331 g/mol. The standard InChI is InChI=1S/C16H17N3O3S/c20-16(19-3-7-23-8-4-19)12-10-17-18-15(12)11-1-2-13-14(9-11)22-6-5-21-13/h1-2,9-10H,3-8H2,(H,17,18). The number of amides is 1. The number of rotatable bonds is 2. The van der Waals surface area contributed by atoms with Gasteiger partial charge in [0, 0.05) is 30.2 Å². The van der Waals surface area contributed by atoms with Crippen molar-refractivity contribution < 1.29 is 14.3 Å². The highest BCUT2D eigenvalue weighted by atomic mass is 32.2. The van der Waals surface area contributed by atoms with Crippen LogP contribution in [-0.4, -0.2) is 58.8 Å². The second kappa shape index (κ2) is 6.16. The number of fused-ring (bicyclic) bond motifs is 1. The maximum atomic E-state index is 12.7. The fourth-order valence-corrected chi connectivity index (χ4v) is 3.71. The molecule has 0 atom stereocenters. The Labute approximate surface area is 138 Å². The number of nitrogens with zero attached hydrogens (tertiary/aromatic N) is 2. The molecule has 0 spiro atoms. The molecule has 6 nitrogen and oxygen atoms in total. The lowest BCUT2D eigenvalue weighted by molar-refractivity contribution is 0.0773. The van der Waals surface area contributed by atoms with Gasteiger partial charge in [-0.2, -0.15) is 16.9 Å². The molecule has 1 saturated heterocycles. The molecule has 2 aliphatic rings. The van der Waals surface area contributed by atoms with Crippen LogP contribution >= 0.6 is 11.8 Å². The number of benzene rings is 1. The Balaban J connectivity index is 1.65. The molecular formula is C16H17N3O3S. The Morgan fingerprint density at radius 3 is 2.78 bits per heavy atom. The normalized spacial score (nSPS) is 17.1. The smallest absolute Gasteiger partial charge is 0.257 e. The van der Waals surface area contributed by atoms with Crippen molar-refractivity contribution in [3.8, 4) is 22.8 Å². The van der Waals surface area contributed by atoms with Gasteiger partial charge in [0.2, 0.25) is 0 Å². The summed E-state index contributed by atoms with van der Waals surface area (Å²) in [7, 11) is 0. The Kier molecular flexibility index (Phi) is 3.87. The van der Waals surface area contributed by atoms with E-state index in [0.717, 1.165) is 41.6 Å². The fourth-order valence-electron chi connectivity index (χ4n) is 2.80. The number of carbonyl (C=O) groups excluding carboxylic acids is 1. The minimum atomic E-state index is 0.0314. The number of aromatic nitrogens is 2. The first kappa shape index (κ1) is 14.4. The molecule has 1 fully saturated rings. The van der Waals surface area contributed by atoms with Gasteiger partial charge in [-0.25, -0.2) is 0 Å². The lowest BCUT2D eigenvalue weighted by atomic mass is 10.1. The molecular weight excluding hydrogens is 314 g/mol. The molecule has 2 aromatic rings. The lowest BCUT2D eigenvalue weighted by Crippen LogP contribution is -2.37. The predicted molar refractivity (Wildman–Crippen MR) is 88.2 cm³/mol. The molecule has 1 amide bonds. The van der Waals surface area contributed by atoms with E-state index in [1.807, 2.05) is 34.9 Å². The van der Waals surface area contributed by atoms with Crippen LogP contribution in [-0.2, 0) is 0 Å². The Bertz CT molecular complexity index is 725. The van der Waals surface area contributed by atoms with Crippen LogP contribution in [0.4, 0.5) is 0 Å². The highest BCUT2D eigenvalue weighted by Crippen LogP contribution is 2.35. The topological polar surface area (TPSA) is 67.5 Å². The zero-order valence-corrected chi connectivity index (χ0v) is 13.4. The summed E-state index contributed by atoms with van der Waals surface area (Å²) in [5.41, 5.74) is 2.21. The maximum Gasteiger partial charge on any atom is 0.257 e. The summed E-state index contributed by atoms with van der Waals surface area (Å²) in [6.45, 7) is 2.67. The number of carbonyl (C=O) groups is 1. The largest absolute Gasteiger partial charge is 0.486 e. The van der Waals surface area contributed by atoms with E-state index in [9.17, 15) is 4.79 Å². The van der Waals surface area contributed by atoms with E-state index in [4.69, 9.17) is 9.47 Å². The molecule has 0 radical (unpaired) electrons. The van der Waals surface area contributed by atoms with Crippen molar-refractivity contribution in [2.45, 2.75) is 0 Å². The van der Waals surface area contributed by atoms with Crippen LogP contribution in [0, 0.1) is 0 Å². The van der Waals surface area contributed by atoms with Crippen LogP contribution in [0.5, 0.6) is 11.5 Å². The molecule has 120 valence electrons. The lowest BCUT2D eigenvalue weighted by Gasteiger charge is -2.26. The first-order valence-electron chi connectivity index (χ1n) is 7.63. The van der Waals surface area contributed by atoms with Crippen LogP contribution in [0.3, 0.4) is 0 Å². The number of nitrogens with one attached hydrogen (secondary N) is 1. The van der Waals surface area contributed by atoms with Crippen molar-refractivity contribution >= 4 is 17.7 Å². The third-order valence-electron chi connectivity index (χ3n) is 4.00. The molecule has 0 aliphatic carbocycles. The SMILES string of the molecule is O=C(c1cn[nH]c1-c1ccc2c(c1)OCCO2)N1CCSCC1. The van der Waals surface area contributed by atoms with Gasteiger partial charge < -0.3 is 14.4 Å². The highest BCUT2D eigenvalue weighted by molar-refractivity contribution is 7.99. The second-order valence-corrected chi connectivity index (χ2v) is 6.65. The molecule has 1 N–H and O–H groups in total. The van der Waals surface area contributed by atoms with Crippen molar-refractivity contribution in [1.29, 1.82) is 0 Å². The molecule has 1 aromatic carbocycles. The van der Waals surface area contributed by atoms with E-state index in [1.165, 1.54) is 0 Å². The van der Waals surface area contributed by atoms with Gasteiger partial charge >= 0.3 is 0 Å². The number of hydrogen-bond acceptors (Lipinski definition) is 5. The summed E-state index contributed by atoms with van der Waals surface area (Å²) in [4.78, 5) is 14.6. The fraction of sp³-hybridized carbons (Fsp3) is 0.375. The third-order valence-corrected chi connectivity index (χ3v) is 4.94. The molecule has 23 heavy (non-hydrogen) atoms. The number of thioether (sulfide) groups is 1. The van der Waals surface area contributed by atoms with Crippen molar-refractivity contribution in [2.24, 2.45) is 0 Å². The van der Waals surface area contributed by atoms with E-state index < -0.39 is 0 Å². The summed E-state index contributed by atoms with van der Waals surface area (Å²) in [6.07, 6.45) is 1.61. The van der Waals surface area contributed by atoms with Gasteiger partial charge in [0.15, 0.2) is 11.5 Å². The summed E-state index contributed by atoms with van der Waals surface area (Å²) in [6, 6.07) is 5.69. The maximum absolute atomic E-state index is 12.7. The summed E-state index contributed by atoms with van der Waals surface area (Å²) in [5, 5.41) is 7.03. The molecule has 1 aromatic heterocycles. The van der Waals surface area contributed by atoms with E-state index in [0.29, 0.717) is 24.5 Å². The number of hydrogen-bond donors (Lipinski definition) is 1. The highest BCUT2D eigenvalue weighted by Gasteiger charge is 2.23. The predicted octanol–water partition coefficient (Wildman–Crippen LogP) is 2.04. The van der Waals surface area contributed by atoms with Crippen LogP contribution < -0.4 is 9.47 Å². The summed E-state index contributed by atoms with van der Waals surface area (Å²) >= 11 is 1.88. The van der Waals surface area contributed by atoms with E-state index >= 15 is 0 Å². The summed E-state index contributed by atoms with van der Waals surface area (Å²) < 4.78 is 11.2. The Morgan fingerprint density at radius 1 is 1.17 bits per heavy atom. The van der Waals surface area contributed by atoms with E-state index in [1.54, 1.807) is 6.20 Å². The van der Waals surface area contributed by atoms with E-state index in [-0.39, 0.29) is 5.91 Å². The average molecular weight is 331 g/mol. The number of H-pyrrole nitrogens is 1. The molecule has 2 aliphatic heterocycles. The quantitative estimate of drug-likeness (QED) is 0.912. The van der Waals surface area contributed by atoms with Gasteiger partial charge in [0.05, 0.1) is 17.5 Å². The van der Waals surface area contributed by atoms with Crippen LogP contribution in [0.25, 0.3) is 11.3 Å². The molecule has 0 bridgehead atoms. The van der Waals surface area contributed by atoms with Gasteiger partial charge in [-0.1, -0.05) is 0 Å². The van der Waals surface area contributed by atoms with Gasteiger partial charge in [-0.15, -0.1) is 0 Å². The van der Waals surface area contributed by atoms with E-state index in [2.05, 4.69) is 10.2 Å². The van der Waals surface area contributed by atoms with Gasteiger partial charge in [-0.05, 0) is 18.2 Å². The van der Waals surface area contributed by atoms with Gasteiger partial charge in [-0.3, -0.25) is 9.89 Å². The minimum absolute atomic E-state index is 0.0314. The first-order chi connectivity index (χ1) is 11.3. The third kappa shape index (κ3) is 2.76. The second-order valence-electron chi connectivity index (χ2n) is 5.42. The molecule has 7 heteroatoms. The van der Waals surface area contributed by atoms with Gasteiger partial charge in [0.25, 0.3) is 5.91 Å². The summed E-state index contributed by atoms with van der Waals surface area (Å²) in [5.74, 6) is 3.45. The molecule has 0 saturated carbocycles. The Hall–Kier alpha value is -2.15. The van der Waals surface area contributed by atoms with Crippen molar-refractivity contribution in [1.82, 2.24) is 15.1 Å².